The van der Waals surface area contributed by atoms with E-state index in [1.165, 1.54) is 0 Å². The minimum absolute atomic E-state index is 0.200. The zero-order valence-electron chi connectivity index (χ0n) is 6.42. The van der Waals surface area contributed by atoms with Crippen LogP contribution in [0.15, 0.2) is 12.1 Å². The maximum absolute atomic E-state index is 13.1. The predicted octanol–water partition coefficient (Wildman–Crippen LogP) is 1.81. The average molecular weight is 205 g/mol. The van der Waals surface area contributed by atoms with Gasteiger partial charge in [0.15, 0.2) is 0 Å². The standard InChI is InChI=1S/C8H6ClFO3/c9-5-1-2-6(11)4(8(5)10)3-7(12)13/h1-2,11H,3H2,(H,12,13). The zero-order chi connectivity index (χ0) is 10.0. The number of phenols is 1. The highest BCUT2D eigenvalue weighted by Crippen LogP contribution is 2.26. The van der Waals surface area contributed by atoms with Crippen LogP contribution in [0.25, 0.3) is 0 Å². The lowest BCUT2D eigenvalue weighted by Crippen LogP contribution is -2.03. The third-order valence-corrected chi connectivity index (χ3v) is 1.79. The van der Waals surface area contributed by atoms with Crippen LogP contribution < -0.4 is 0 Å². The van der Waals surface area contributed by atoms with Crippen molar-refractivity contribution in [3.63, 3.8) is 0 Å². The number of hydrogen-bond donors (Lipinski definition) is 2. The zero-order valence-corrected chi connectivity index (χ0v) is 7.18. The van der Waals surface area contributed by atoms with Crippen molar-refractivity contribution in [2.24, 2.45) is 0 Å². The number of rotatable bonds is 2. The number of aliphatic carboxylic acids is 1. The summed E-state index contributed by atoms with van der Waals surface area (Å²) in [5, 5.41) is 17.3. The molecule has 0 atom stereocenters. The van der Waals surface area contributed by atoms with Gasteiger partial charge in [-0.2, -0.15) is 0 Å². The summed E-state index contributed by atoms with van der Waals surface area (Å²) >= 11 is 5.39. The molecule has 1 aromatic rings. The first-order chi connectivity index (χ1) is 6.02. The minimum atomic E-state index is -1.23. The van der Waals surface area contributed by atoms with Crippen LogP contribution in [-0.2, 0) is 11.2 Å². The SMILES string of the molecule is O=C(O)Cc1c(O)ccc(Cl)c1F. The van der Waals surface area contributed by atoms with E-state index in [2.05, 4.69) is 0 Å². The van der Waals surface area contributed by atoms with E-state index >= 15 is 0 Å². The van der Waals surface area contributed by atoms with E-state index in [-0.39, 0.29) is 10.6 Å². The summed E-state index contributed by atoms with van der Waals surface area (Å²) in [7, 11) is 0. The van der Waals surface area contributed by atoms with Gasteiger partial charge in [-0.3, -0.25) is 4.79 Å². The first kappa shape index (κ1) is 9.80. The lowest BCUT2D eigenvalue weighted by Gasteiger charge is -2.03. The van der Waals surface area contributed by atoms with Crippen molar-refractivity contribution in [1.82, 2.24) is 0 Å². The molecular weight excluding hydrogens is 199 g/mol. The lowest BCUT2D eigenvalue weighted by molar-refractivity contribution is -0.136. The Hall–Kier alpha value is -1.29. The molecule has 3 nitrogen and oxygen atoms in total. The first-order valence-corrected chi connectivity index (χ1v) is 3.78. The van der Waals surface area contributed by atoms with Crippen molar-refractivity contribution >= 4 is 17.6 Å². The number of aromatic hydroxyl groups is 1. The molecule has 0 saturated heterocycles. The van der Waals surface area contributed by atoms with Crippen LogP contribution in [0.4, 0.5) is 4.39 Å². The van der Waals surface area contributed by atoms with Gasteiger partial charge in [0.2, 0.25) is 0 Å². The summed E-state index contributed by atoms with van der Waals surface area (Å²) in [5.41, 5.74) is -0.292. The van der Waals surface area contributed by atoms with Crippen molar-refractivity contribution in [1.29, 1.82) is 0 Å². The molecule has 1 aromatic carbocycles. The molecule has 0 unspecified atom stereocenters. The smallest absolute Gasteiger partial charge is 0.308 e. The highest BCUT2D eigenvalue weighted by atomic mass is 35.5. The second-order valence-electron chi connectivity index (χ2n) is 2.43. The number of carboxylic acid groups (broad SMARTS) is 1. The summed E-state index contributed by atoms with van der Waals surface area (Å²) in [6, 6.07) is 2.32. The topological polar surface area (TPSA) is 57.5 Å². The van der Waals surface area contributed by atoms with Crippen LogP contribution in [0.1, 0.15) is 5.56 Å². The van der Waals surface area contributed by atoms with E-state index in [4.69, 9.17) is 21.8 Å². The van der Waals surface area contributed by atoms with Gasteiger partial charge in [0.1, 0.15) is 11.6 Å². The Morgan fingerprint density at radius 1 is 1.54 bits per heavy atom. The molecule has 0 amide bonds. The highest BCUT2D eigenvalue weighted by Gasteiger charge is 2.14. The Kier molecular flexibility index (Phi) is 2.72. The van der Waals surface area contributed by atoms with Crippen LogP contribution >= 0.6 is 11.6 Å². The summed E-state index contributed by atoms with van der Waals surface area (Å²) in [6.45, 7) is 0. The maximum atomic E-state index is 13.1. The van der Waals surface area contributed by atoms with Crippen molar-refractivity contribution in [2.75, 3.05) is 0 Å². The van der Waals surface area contributed by atoms with E-state index in [1.807, 2.05) is 0 Å². The molecule has 0 aromatic heterocycles. The van der Waals surface area contributed by atoms with Crippen LogP contribution in [0.3, 0.4) is 0 Å². The fraction of sp³-hybridized carbons (Fsp3) is 0.125. The van der Waals surface area contributed by atoms with E-state index in [0.29, 0.717) is 0 Å². The van der Waals surface area contributed by atoms with Gasteiger partial charge in [-0.1, -0.05) is 11.6 Å². The molecule has 2 N–H and O–H groups in total. The van der Waals surface area contributed by atoms with Gasteiger partial charge in [-0.25, -0.2) is 4.39 Å². The third-order valence-electron chi connectivity index (χ3n) is 1.50. The number of halogens is 2. The maximum Gasteiger partial charge on any atom is 0.308 e. The van der Waals surface area contributed by atoms with E-state index in [0.717, 1.165) is 12.1 Å². The number of phenolic OH excluding ortho intramolecular Hbond substituents is 1. The normalized spacial score (nSPS) is 10.0. The van der Waals surface area contributed by atoms with Crippen molar-refractivity contribution in [2.45, 2.75) is 6.42 Å². The quantitative estimate of drug-likeness (QED) is 0.773. The van der Waals surface area contributed by atoms with Crippen molar-refractivity contribution in [3.05, 3.63) is 28.5 Å². The second-order valence-corrected chi connectivity index (χ2v) is 2.84. The van der Waals surface area contributed by atoms with Gasteiger partial charge < -0.3 is 10.2 Å². The van der Waals surface area contributed by atoms with Crippen LogP contribution in [-0.4, -0.2) is 16.2 Å². The third kappa shape index (κ3) is 2.09. The predicted molar refractivity (Wildman–Crippen MR) is 44.4 cm³/mol. The monoisotopic (exact) mass is 204 g/mol. The van der Waals surface area contributed by atoms with Gasteiger partial charge >= 0.3 is 5.97 Å². The number of carboxylic acids is 1. The van der Waals surface area contributed by atoms with Gasteiger partial charge in [-0.15, -0.1) is 0 Å². The average Bonchev–Trinajstić information content (AvgIpc) is 2.05. The Morgan fingerprint density at radius 2 is 2.15 bits per heavy atom. The minimum Gasteiger partial charge on any atom is -0.508 e. The fourth-order valence-corrected chi connectivity index (χ4v) is 1.08. The molecule has 0 aliphatic carbocycles. The largest absolute Gasteiger partial charge is 0.508 e. The van der Waals surface area contributed by atoms with E-state index < -0.39 is 24.0 Å². The molecule has 70 valence electrons. The molecule has 0 aliphatic heterocycles. The van der Waals surface area contributed by atoms with Crippen molar-refractivity contribution in [3.8, 4) is 5.75 Å². The molecule has 0 bridgehead atoms. The first-order valence-electron chi connectivity index (χ1n) is 3.40. The Labute approximate surface area is 78.4 Å². The summed E-state index contributed by atoms with van der Waals surface area (Å²) < 4.78 is 13.1. The molecule has 5 heteroatoms. The van der Waals surface area contributed by atoms with Crippen molar-refractivity contribution < 1.29 is 19.4 Å². The molecule has 0 heterocycles. The Morgan fingerprint density at radius 3 is 2.69 bits per heavy atom. The summed E-state index contributed by atoms with van der Waals surface area (Å²) in [5.74, 6) is -2.51. The van der Waals surface area contributed by atoms with Crippen LogP contribution in [0, 0.1) is 5.82 Å². The Bertz CT molecular complexity index is 351. The molecule has 13 heavy (non-hydrogen) atoms. The molecule has 0 spiro atoms. The molecular formula is C8H6ClFO3. The van der Waals surface area contributed by atoms with E-state index in [9.17, 15) is 9.18 Å². The molecule has 1 rings (SSSR count). The van der Waals surface area contributed by atoms with Crippen LogP contribution in [0.2, 0.25) is 5.02 Å². The molecule has 0 fully saturated rings. The second kappa shape index (κ2) is 3.62. The van der Waals surface area contributed by atoms with Gasteiger partial charge in [0.05, 0.1) is 11.4 Å². The van der Waals surface area contributed by atoms with Crippen LogP contribution in [0.5, 0.6) is 5.75 Å². The van der Waals surface area contributed by atoms with Gasteiger partial charge in [-0.05, 0) is 12.1 Å². The molecule has 0 radical (unpaired) electrons. The molecule has 0 saturated carbocycles. The summed E-state index contributed by atoms with van der Waals surface area (Å²) in [4.78, 5) is 10.3. The number of carbonyl (C=O) groups is 1. The summed E-state index contributed by atoms with van der Waals surface area (Å²) in [6.07, 6.45) is -0.585. The van der Waals surface area contributed by atoms with Gasteiger partial charge in [0.25, 0.3) is 0 Å². The number of hydrogen-bond acceptors (Lipinski definition) is 2. The Balaban J connectivity index is 3.17. The van der Waals surface area contributed by atoms with Gasteiger partial charge in [0, 0.05) is 5.56 Å². The molecule has 0 aliphatic rings. The number of benzene rings is 1. The van der Waals surface area contributed by atoms with E-state index in [1.54, 1.807) is 0 Å². The highest BCUT2D eigenvalue weighted by molar-refractivity contribution is 6.30. The lowest BCUT2D eigenvalue weighted by atomic mass is 10.1. The fourth-order valence-electron chi connectivity index (χ4n) is 0.902.